The fraction of sp³-hybridized carbons (Fsp3) is 0.600. The number of hydrogen-bond acceptors (Lipinski definition) is 5. The van der Waals surface area contributed by atoms with Crippen molar-refractivity contribution in [1.29, 1.82) is 0 Å². The first-order valence-electron chi connectivity index (χ1n) is 7.41. The smallest absolute Gasteiger partial charge is 0.226 e. The van der Waals surface area contributed by atoms with Crippen molar-refractivity contribution in [1.82, 2.24) is 9.97 Å². The summed E-state index contributed by atoms with van der Waals surface area (Å²) in [5.74, 6) is 3.31. The summed E-state index contributed by atoms with van der Waals surface area (Å²) >= 11 is 1.69. The lowest BCUT2D eigenvalue weighted by molar-refractivity contribution is 0.356. The van der Waals surface area contributed by atoms with Gasteiger partial charge in [0.25, 0.3) is 0 Å². The van der Waals surface area contributed by atoms with Crippen LogP contribution in [0.15, 0.2) is 11.4 Å². The van der Waals surface area contributed by atoms with Gasteiger partial charge >= 0.3 is 0 Å². The molecular weight excluding hydrogens is 268 g/mol. The Hall–Kier alpha value is -1.36. The average molecular weight is 290 g/mol. The Morgan fingerprint density at radius 3 is 2.75 bits per heavy atom. The topological polar surface area (TPSA) is 41.1 Å². The van der Waals surface area contributed by atoms with Gasteiger partial charge in [-0.1, -0.05) is 13.8 Å². The normalized spacial score (nSPS) is 23.2. The second-order valence-corrected chi connectivity index (χ2v) is 6.79. The molecule has 1 N–H and O–H groups in total. The molecule has 3 heterocycles. The lowest BCUT2D eigenvalue weighted by Gasteiger charge is -2.36. The number of hydrogen-bond donors (Lipinski definition) is 1. The van der Waals surface area contributed by atoms with Crippen LogP contribution in [0.4, 0.5) is 11.8 Å². The number of anilines is 2. The van der Waals surface area contributed by atoms with Crippen LogP contribution in [0.3, 0.4) is 0 Å². The highest BCUT2D eigenvalue weighted by atomic mass is 32.1. The van der Waals surface area contributed by atoms with Crippen LogP contribution < -0.4 is 10.2 Å². The maximum absolute atomic E-state index is 4.77. The molecule has 0 aliphatic carbocycles. The van der Waals surface area contributed by atoms with Crippen molar-refractivity contribution < 1.29 is 0 Å². The maximum atomic E-state index is 4.77. The number of nitrogens with zero attached hydrogens (tertiary/aromatic N) is 3. The van der Waals surface area contributed by atoms with Gasteiger partial charge in [0.1, 0.15) is 10.6 Å². The van der Waals surface area contributed by atoms with E-state index < -0.39 is 0 Å². The number of nitrogens with one attached hydrogen (secondary N) is 1. The minimum atomic E-state index is 0.727. The number of aromatic nitrogens is 2. The summed E-state index contributed by atoms with van der Waals surface area (Å²) in [6.45, 7) is 9.78. The van der Waals surface area contributed by atoms with E-state index >= 15 is 0 Å². The predicted octanol–water partition coefficient (Wildman–Crippen LogP) is 3.61. The largest absolute Gasteiger partial charge is 0.355 e. The highest BCUT2D eigenvalue weighted by Gasteiger charge is 2.25. The van der Waals surface area contributed by atoms with Gasteiger partial charge in [0.2, 0.25) is 5.95 Å². The van der Waals surface area contributed by atoms with E-state index in [1.165, 1.54) is 11.8 Å². The molecule has 5 heteroatoms. The van der Waals surface area contributed by atoms with Gasteiger partial charge in [-0.05, 0) is 36.6 Å². The zero-order chi connectivity index (χ0) is 14.1. The SMILES string of the molecule is CCNc1nc(N2CC(C)CC(C)C2)c2ccsc2n1. The van der Waals surface area contributed by atoms with Gasteiger partial charge in [-0.15, -0.1) is 11.3 Å². The molecule has 0 saturated carbocycles. The van der Waals surface area contributed by atoms with Gasteiger partial charge in [-0.25, -0.2) is 4.98 Å². The molecular formula is C15H22N4S. The quantitative estimate of drug-likeness (QED) is 0.937. The number of fused-ring (bicyclic) bond motifs is 1. The predicted molar refractivity (Wildman–Crippen MR) is 86.7 cm³/mol. The standard InChI is InChI=1S/C15H22N4S/c1-4-16-15-17-13(12-5-6-20-14(12)18-15)19-8-10(2)7-11(3)9-19/h5-6,10-11H,4,7-9H2,1-3H3,(H,16,17,18). The van der Waals surface area contributed by atoms with E-state index in [9.17, 15) is 0 Å². The van der Waals surface area contributed by atoms with Crippen LogP contribution >= 0.6 is 11.3 Å². The second-order valence-electron chi connectivity index (χ2n) is 5.89. The fourth-order valence-corrected chi connectivity index (χ4v) is 3.91. The molecule has 4 nitrogen and oxygen atoms in total. The molecule has 2 aromatic heterocycles. The molecule has 2 aromatic rings. The van der Waals surface area contributed by atoms with Crippen LogP contribution in [-0.2, 0) is 0 Å². The molecule has 20 heavy (non-hydrogen) atoms. The van der Waals surface area contributed by atoms with Crippen molar-refractivity contribution in [3.8, 4) is 0 Å². The van der Waals surface area contributed by atoms with Gasteiger partial charge in [0.05, 0.1) is 5.39 Å². The number of thiophene rings is 1. The molecule has 2 unspecified atom stereocenters. The van der Waals surface area contributed by atoms with E-state index in [2.05, 4.69) is 47.4 Å². The zero-order valence-electron chi connectivity index (χ0n) is 12.4. The van der Waals surface area contributed by atoms with Gasteiger partial charge in [0, 0.05) is 19.6 Å². The Labute approximate surface area is 124 Å². The van der Waals surface area contributed by atoms with Crippen LogP contribution in [0.25, 0.3) is 10.2 Å². The third-order valence-corrected chi connectivity index (χ3v) is 4.61. The van der Waals surface area contributed by atoms with E-state index in [-0.39, 0.29) is 0 Å². The molecule has 1 aliphatic heterocycles. The van der Waals surface area contributed by atoms with Crippen molar-refractivity contribution in [2.75, 3.05) is 29.9 Å². The van der Waals surface area contributed by atoms with Gasteiger partial charge in [0.15, 0.2) is 0 Å². The molecule has 0 amide bonds. The molecule has 108 valence electrons. The summed E-state index contributed by atoms with van der Waals surface area (Å²) in [5.41, 5.74) is 0. The first-order chi connectivity index (χ1) is 9.67. The van der Waals surface area contributed by atoms with Crippen LogP contribution in [0.1, 0.15) is 27.2 Å². The Kier molecular flexibility index (Phi) is 3.78. The monoisotopic (exact) mass is 290 g/mol. The van der Waals surface area contributed by atoms with Crippen LogP contribution in [0, 0.1) is 11.8 Å². The molecule has 3 rings (SSSR count). The van der Waals surface area contributed by atoms with E-state index in [1.807, 2.05) is 0 Å². The summed E-state index contributed by atoms with van der Waals surface area (Å²) < 4.78 is 0. The molecule has 0 aromatic carbocycles. The van der Waals surface area contributed by atoms with E-state index in [0.29, 0.717) is 0 Å². The molecule has 1 fully saturated rings. The summed E-state index contributed by atoms with van der Waals surface area (Å²) in [6, 6.07) is 2.15. The van der Waals surface area contributed by atoms with E-state index in [1.54, 1.807) is 11.3 Å². The van der Waals surface area contributed by atoms with Gasteiger partial charge in [-0.3, -0.25) is 0 Å². The highest BCUT2D eigenvalue weighted by Crippen LogP contribution is 2.32. The van der Waals surface area contributed by atoms with Crippen LogP contribution in [0.2, 0.25) is 0 Å². The first-order valence-corrected chi connectivity index (χ1v) is 8.29. The minimum Gasteiger partial charge on any atom is -0.355 e. The summed E-state index contributed by atoms with van der Waals surface area (Å²) in [5, 5.41) is 6.55. The Morgan fingerprint density at radius 1 is 1.30 bits per heavy atom. The first kappa shape index (κ1) is 13.6. The fourth-order valence-electron chi connectivity index (χ4n) is 3.15. The van der Waals surface area contributed by atoms with Crippen molar-refractivity contribution in [3.63, 3.8) is 0 Å². The van der Waals surface area contributed by atoms with Gasteiger partial charge < -0.3 is 10.2 Å². The lowest BCUT2D eigenvalue weighted by atomic mass is 9.92. The second kappa shape index (κ2) is 5.56. The minimum absolute atomic E-state index is 0.727. The van der Waals surface area contributed by atoms with Crippen molar-refractivity contribution >= 4 is 33.3 Å². The number of rotatable bonds is 3. The van der Waals surface area contributed by atoms with Crippen molar-refractivity contribution in [2.24, 2.45) is 11.8 Å². The van der Waals surface area contributed by atoms with Crippen LogP contribution in [0.5, 0.6) is 0 Å². The van der Waals surface area contributed by atoms with E-state index in [4.69, 9.17) is 4.98 Å². The molecule has 0 bridgehead atoms. The molecule has 2 atom stereocenters. The third kappa shape index (κ3) is 2.59. The Balaban J connectivity index is 2.02. The Bertz CT molecular complexity index is 585. The summed E-state index contributed by atoms with van der Waals surface area (Å²) in [4.78, 5) is 12.9. The van der Waals surface area contributed by atoms with Crippen molar-refractivity contribution in [2.45, 2.75) is 27.2 Å². The Morgan fingerprint density at radius 2 is 2.05 bits per heavy atom. The highest BCUT2D eigenvalue weighted by molar-refractivity contribution is 7.16. The molecule has 1 aliphatic rings. The van der Waals surface area contributed by atoms with Crippen molar-refractivity contribution in [3.05, 3.63) is 11.4 Å². The molecule has 0 spiro atoms. The third-order valence-electron chi connectivity index (χ3n) is 3.81. The molecule has 0 radical (unpaired) electrons. The van der Waals surface area contributed by atoms with Crippen LogP contribution in [-0.4, -0.2) is 29.6 Å². The molecule has 1 saturated heterocycles. The number of piperidine rings is 1. The lowest BCUT2D eigenvalue weighted by Crippen LogP contribution is -2.39. The average Bonchev–Trinajstić information content (AvgIpc) is 2.85. The zero-order valence-corrected chi connectivity index (χ0v) is 13.2. The summed E-state index contributed by atoms with van der Waals surface area (Å²) in [6.07, 6.45) is 1.31. The van der Waals surface area contributed by atoms with Gasteiger partial charge in [-0.2, -0.15) is 4.98 Å². The maximum Gasteiger partial charge on any atom is 0.226 e. The summed E-state index contributed by atoms with van der Waals surface area (Å²) in [7, 11) is 0. The van der Waals surface area contributed by atoms with E-state index in [0.717, 1.165) is 48.1 Å².